The highest BCUT2D eigenvalue weighted by Crippen LogP contribution is 2.36. The molecule has 2 rings (SSSR count). The van der Waals surface area contributed by atoms with E-state index in [9.17, 15) is 9.90 Å². The van der Waals surface area contributed by atoms with E-state index in [0.717, 1.165) is 17.9 Å². The van der Waals surface area contributed by atoms with Crippen molar-refractivity contribution in [2.75, 3.05) is 18.6 Å². The van der Waals surface area contributed by atoms with Gasteiger partial charge in [0.15, 0.2) is 0 Å². The highest BCUT2D eigenvalue weighted by molar-refractivity contribution is 7.99. The minimum absolute atomic E-state index is 0.489. The molecule has 1 unspecified atom stereocenters. The molecule has 0 radical (unpaired) electrons. The van der Waals surface area contributed by atoms with Crippen LogP contribution in [0.25, 0.3) is 0 Å². The number of nitrogens with zero attached hydrogens (tertiary/aromatic N) is 1. The lowest BCUT2D eigenvalue weighted by Crippen LogP contribution is -2.57. The van der Waals surface area contributed by atoms with Crippen LogP contribution in [0.2, 0.25) is 0 Å². The van der Waals surface area contributed by atoms with Crippen molar-refractivity contribution in [2.45, 2.75) is 50.1 Å². The SMILES string of the molecule is CN(C1CCCCC1)C1(C(=O)O)CCSC1. The monoisotopic (exact) mass is 243 g/mol. The topological polar surface area (TPSA) is 40.5 Å². The van der Waals surface area contributed by atoms with Gasteiger partial charge in [-0.15, -0.1) is 0 Å². The van der Waals surface area contributed by atoms with Crippen LogP contribution in [0.1, 0.15) is 38.5 Å². The average Bonchev–Trinajstić information content (AvgIpc) is 2.79. The van der Waals surface area contributed by atoms with Gasteiger partial charge in [-0.3, -0.25) is 9.69 Å². The Balaban J connectivity index is 2.10. The summed E-state index contributed by atoms with van der Waals surface area (Å²) in [5, 5.41) is 9.51. The summed E-state index contributed by atoms with van der Waals surface area (Å²) in [4.78, 5) is 13.7. The van der Waals surface area contributed by atoms with Crippen molar-refractivity contribution in [2.24, 2.45) is 0 Å². The quantitative estimate of drug-likeness (QED) is 0.825. The second-order valence-corrected chi connectivity index (χ2v) is 6.15. The lowest BCUT2D eigenvalue weighted by molar-refractivity contribution is -0.151. The molecule has 0 amide bonds. The van der Waals surface area contributed by atoms with Gasteiger partial charge in [0, 0.05) is 11.8 Å². The molecule has 0 bridgehead atoms. The summed E-state index contributed by atoms with van der Waals surface area (Å²) < 4.78 is 0. The van der Waals surface area contributed by atoms with Crippen LogP contribution in [0.3, 0.4) is 0 Å². The second kappa shape index (κ2) is 4.96. The van der Waals surface area contributed by atoms with E-state index in [-0.39, 0.29) is 0 Å². The molecular formula is C12H21NO2S. The van der Waals surface area contributed by atoms with Crippen molar-refractivity contribution >= 4 is 17.7 Å². The minimum atomic E-state index is -0.620. The number of aliphatic carboxylic acids is 1. The van der Waals surface area contributed by atoms with Crippen LogP contribution in [-0.4, -0.2) is 46.1 Å². The molecule has 16 heavy (non-hydrogen) atoms. The first-order valence-corrected chi connectivity index (χ1v) is 7.36. The summed E-state index contributed by atoms with van der Waals surface area (Å²) in [7, 11) is 2.02. The third-order valence-corrected chi connectivity index (χ3v) is 5.37. The smallest absolute Gasteiger partial charge is 0.325 e. The summed E-state index contributed by atoms with van der Waals surface area (Å²) in [5.74, 6) is 1.13. The Morgan fingerprint density at radius 2 is 2.06 bits per heavy atom. The van der Waals surface area contributed by atoms with Gasteiger partial charge in [0.25, 0.3) is 0 Å². The number of carboxylic acids is 1. The molecule has 1 N–H and O–H groups in total. The maximum Gasteiger partial charge on any atom is 0.325 e. The van der Waals surface area contributed by atoms with Crippen molar-refractivity contribution in [1.29, 1.82) is 0 Å². The van der Waals surface area contributed by atoms with Crippen molar-refractivity contribution < 1.29 is 9.90 Å². The molecule has 0 aromatic heterocycles. The van der Waals surface area contributed by atoms with Gasteiger partial charge in [-0.05, 0) is 32.1 Å². The van der Waals surface area contributed by atoms with Crippen LogP contribution >= 0.6 is 11.8 Å². The van der Waals surface area contributed by atoms with Gasteiger partial charge in [0.1, 0.15) is 5.54 Å². The van der Waals surface area contributed by atoms with Crippen LogP contribution in [-0.2, 0) is 4.79 Å². The molecule has 0 spiro atoms. The first kappa shape index (κ1) is 12.2. The Morgan fingerprint density at radius 3 is 2.56 bits per heavy atom. The summed E-state index contributed by atoms with van der Waals surface area (Å²) in [5.41, 5.74) is -0.577. The van der Waals surface area contributed by atoms with Gasteiger partial charge in [0.05, 0.1) is 0 Å². The Labute approximate surface area is 102 Å². The largest absolute Gasteiger partial charge is 0.480 e. The van der Waals surface area contributed by atoms with E-state index in [1.54, 1.807) is 11.8 Å². The van der Waals surface area contributed by atoms with Crippen molar-refractivity contribution in [1.82, 2.24) is 4.90 Å². The summed E-state index contributed by atoms with van der Waals surface area (Å²) >= 11 is 1.78. The zero-order chi connectivity index (χ0) is 11.6. The highest BCUT2D eigenvalue weighted by atomic mass is 32.2. The fourth-order valence-electron chi connectivity index (χ4n) is 2.97. The molecule has 1 saturated heterocycles. The standard InChI is InChI=1S/C12H21NO2S/c1-13(10-5-3-2-4-6-10)12(11(14)15)7-8-16-9-12/h10H,2-9H2,1H3,(H,14,15). The van der Waals surface area contributed by atoms with E-state index in [4.69, 9.17) is 0 Å². The molecular weight excluding hydrogens is 222 g/mol. The second-order valence-electron chi connectivity index (χ2n) is 5.04. The number of carboxylic acid groups (broad SMARTS) is 1. The van der Waals surface area contributed by atoms with Crippen molar-refractivity contribution in [3.05, 3.63) is 0 Å². The van der Waals surface area contributed by atoms with E-state index in [1.165, 1.54) is 32.1 Å². The Hall–Kier alpha value is -0.220. The van der Waals surface area contributed by atoms with Crippen LogP contribution in [0, 0.1) is 0 Å². The van der Waals surface area contributed by atoms with Crippen LogP contribution in [0.15, 0.2) is 0 Å². The van der Waals surface area contributed by atoms with Gasteiger partial charge < -0.3 is 5.11 Å². The third-order valence-electron chi connectivity index (χ3n) is 4.20. The number of rotatable bonds is 3. The molecule has 1 atom stereocenters. The number of likely N-dealkylation sites (N-methyl/N-ethyl adjacent to an activating group) is 1. The molecule has 2 aliphatic rings. The molecule has 1 aliphatic heterocycles. The van der Waals surface area contributed by atoms with Crippen LogP contribution in [0.4, 0.5) is 0 Å². The van der Waals surface area contributed by atoms with E-state index >= 15 is 0 Å². The summed E-state index contributed by atoms with van der Waals surface area (Å²) in [6.07, 6.45) is 7.00. The van der Waals surface area contributed by atoms with Crippen molar-refractivity contribution in [3.63, 3.8) is 0 Å². The van der Waals surface area contributed by atoms with E-state index in [0.29, 0.717) is 6.04 Å². The van der Waals surface area contributed by atoms with Crippen LogP contribution in [0.5, 0.6) is 0 Å². The lowest BCUT2D eigenvalue weighted by atomic mass is 9.88. The fraction of sp³-hybridized carbons (Fsp3) is 0.917. The Kier molecular flexibility index (Phi) is 3.80. The van der Waals surface area contributed by atoms with Gasteiger partial charge in [0.2, 0.25) is 0 Å². The van der Waals surface area contributed by atoms with Gasteiger partial charge in [-0.1, -0.05) is 19.3 Å². The zero-order valence-electron chi connectivity index (χ0n) is 9.95. The molecule has 3 nitrogen and oxygen atoms in total. The number of thioether (sulfide) groups is 1. The Bertz CT molecular complexity index is 258. The van der Waals surface area contributed by atoms with Crippen molar-refractivity contribution in [3.8, 4) is 0 Å². The van der Waals surface area contributed by atoms with Gasteiger partial charge in [-0.2, -0.15) is 11.8 Å². The molecule has 0 aromatic carbocycles. The lowest BCUT2D eigenvalue weighted by Gasteiger charge is -2.41. The molecule has 1 saturated carbocycles. The predicted octanol–water partition coefficient (Wildman–Crippen LogP) is 2.21. The number of hydrogen-bond acceptors (Lipinski definition) is 3. The van der Waals surface area contributed by atoms with Gasteiger partial charge >= 0.3 is 5.97 Å². The first-order chi connectivity index (χ1) is 7.67. The minimum Gasteiger partial charge on any atom is -0.480 e. The molecule has 1 heterocycles. The van der Waals surface area contributed by atoms with E-state index in [2.05, 4.69) is 4.90 Å². The third kappa shape index (κ3) is 2.09. The fourth-order valence-corrected chi connectivity index (χ4v) is 4.41. The molecule has 0 aromatic rings. The summed E-state index contributed by atoms with van der Waals surface area (Å²) in [6, 6.07) is 0.489. The number of carbonyl (C=O) groups is 1. The van der Waals surface area contributed by atoms with E-state index in [1.807, 2.05) is 7.05 Å². The normalized spacial score (nSPS) is 32.1. The molecule has 92 valence electrons. The Morgan fingerprint density at radius 1 is 1.38 bits per heavy atom. The highest BCUT2D eigenvalue weighted by Gasteiger charge is 2.47. The van der Waals surface area contributed by atoms with E-state index < -0.39 is 11.5 Å². The summed E-state index contributed by atoms with van der Waals surface area (Å²) in [6.45, 7) is 0. The first-order valence-electron chi connectivity index (χ1n) is 6.21. The average molecular weight is 243 g/mol. The molecule has 1 aliphatic carbocycles. The molecule has 4 heteroatoms. The number of hydrogen-bond donors (Lipinski definition) is 1. The maximum absolute atomic E-state index is 11.6. The van der Waals surface area contributed by atoms with Gasteiger partial charge in [-0.25, -0.2) is 0 Å². The van der Waals surface area contributed by atoms with Crippen LogP contribution < -0.4 is 0 Å². The predicted molar refractivity (Wildman–Crippen MR) is 66.9 cm³/mol. The maximum atomic E-state index is 11.6. The zero-order valence-corrected chi connectivity index (χ0v) is 10.8. The molecule has 2 fully saturated rings.